The van der Waals surface area contributed by atoms with Crippen LogP contribution in [0.3, 0.4) is 0 Å². The van der Waals surface area contributed by atoms with Gasteiger partial charge in [0.2, 0.25) is 0 Å². The predicted molar refractivity (Wildman–Crippen MR) is 87.2 cm³/mol. The number of pyridine rings is 1. The Balaban J connectivity index is 0.000000322. The first-order valence-electron chi connectivity index (χ1n) is 6.36. The molecular weight excluding hydrogens is 322 g/mol. The molecule has 9 nitrogen and oxygen atoms in total. The van der Waals surface area contributed by atoms with Gasteiger partial charge in [-0.3, -0.25) is 4.55 Å². The van der Waals surface area contributed by atoms with Gasteiger partial charge in [0.05, 0.1) is 18.0 Å². The lowest BCUT2D eigenvalue weighted by Crippen LogP contribution is -2.06. The van der Waals surface area contributed by atoms with Crippen molar-refractivity contribution < 1.29 is 18.1 Å². The summed E-state index contributed by atoms with van der Waals surface area (Å²) in [5, 5.41) is 15.9. The standard InChI is InChI=1S/C11H11N5.C2H6O4S/c12-10-7-6-9(11(13)14-10)16-15-8-4-2-1-3-5-8;3-1-2-7(4,5)6/h1-7H,(H4,12,13,14);3H,1-2H2,(H,4,5,6). The molecule has 0 saturated heterocycles. The molecule has 10 heteroatoms. The summed E-state index contributed by atoms with van der Waals surface area (Å²) in [7, 11) is -3.92. The number of hydrogen-bond donors (Lipinski definition) is 4. The third kappa shape index (κ3) is 7.85. The third-order valence-electron chi connectivity index (χ3n) is 2.30. The molecule has 124 valence electrons. The third-order valence-corrected chi connectivity index (χ3v) is 3.00. The summed E-state index contributed by atoms with van der Waals surface area (Å²) in [5.41, 5.74) is 12.4. The van der Waals surface area contributed by atoms with Crippen LogP contribution in [0.1, 0.15) is 0 Å². The Kier molecular flexibility index (Phi) is 7.06. The maximum absolute atomic E-state index is 9.63. The van der Waals surface area contributed by atoms with E-state index >= 15 is 0 Å². The molecule has 0 aliphatic heterocycles. The van der Waals surface area contributed by atoms with Gasteiger partial charge in [0.1, 0.15) is 11.5 Å². The fourth-order valence-corrected chi connectivity index (χ4v) is 1.52. The molecule has 23 heavy (non-hydrogen) atoms. The number of nitrogen functional groups attached to an aromatic ring is 2. The zero-order valence-corrected chi connectivity index (χ0v) is 12.9. The molecule has 0 unspecified atom stereocenters. The van der Waals surface area contributed by atoms with E-state index in [0.29, 0.717) is 11.5 Å². The molecule has 0 aliphatic rings. The van der Waals surface area contributed by atoms with Crippen molar-refractivity contribution >= 4 is 33.1 Å². The van der Waals surface area contributed by atoms with Gasteiger partial charge in [0.25, 0.3) is 10.1 Å². The Labute approximate surface area is 133 Å². The van der Waals surface area contributed by atoms with E-state index < -0.39 is 22.5 Å². The molecule has 1 aromatic carbocycles. The van der Waals surface area contributed by atoms with Crippen molar-refractivity contribution in [3.63, 3.8) is 0 Å². The lowest BCUT2D eigenvalue weighted by atomic mass is 10.3. The number of nitrogens with two attached hydrogens (primary N) is 2. The molecule has 2 aromatic rings. The van der Waals surface area contributed by atoms with Crippen molar-refractivity contribution in [3.05, 3.63) is 42.5 Å². The van der Waals surface area contributed by atoms with E-state index in [1.807, 2.05) is 30.3 Å². The fraction of sp³-hybridized carbons (Fsp3) is 0.154. The minimum Gasteiger partial charge on any atom is -0.395 e. The van der Waals surface area contributed by atoms with Crippen LogP contribution in [0.25, 0.3) is 0 Å². The Morgan fingerprint density at radius 3 is 2.17 bits per heavy atom. The molecule has 0 aliphatic carbocycles. The van der Waals surface area contributed by atoms with E-state index in [-0.39, 0.29) is 5.82 Å². The van der Waals surface area contributed by atoms with E-state index in [4.69, 9.17) is 21.1 Å². The molecule has 0 fully saturated rings. The summed E-state index contributed by atoms with van der Waals surface area (Å²) >= 11 is 0. The van der Waals surface area contributed by atoms with Crippen LogP contribution in [0.4, 0.5) is 23.0 Å². The van der Waals surface area contributed by atoms with Crippen LogP contribution in [0.5, 0.6) is 0 Å². The Morgan fingerprint density at radius 1 is 1.04 bits per heavy atom. The van der Waals surface area contributed by atoms with E-state index in [0.717, 1.165) is 5.69 Å². The normalized spacial score (nSPS) is 11.0. The average Bonchev–Trinajstić information content (AvgIpc) is 2.47. The first-order chi connectivity index (χ1) is 10.8. The van der Waals surface area contributed by atoms with Gasteiger partial charge in [-0.2, -0.15) is 13.5 Å². The smallest absolute Gasteiger partial charge is 0.267 e. The van der Waals surface area contributed by atoms with Gasteiger partial charge in [-0.25, -0.2) is 4.98 Å². The number of hydrogen-bond acceptors (Lipinski definition) is 8. The zero-order valence-electron chi connectivity index (χ0n) is 12.1. The number of rotatable bonds is 4. The molecule has 0 bridgehead atoms. The second-order valence-electron chi connectivity index (χ2n) is 4.19. The largest absolute Gasteiger partial charge is 0.395 e. The first kappa shape index (κ1) is 18.5. The Morgan fingerprint density at radius 2 is 1.70 bits per heavy atom. The highest BCUT2D eigenvalue weighted by atomic mass is 32.2. The quantitative estimate of drug-likeness (QED) is 0.484. The van der Waals surface area contributed by atoms with Crippen LogP contribution >= 0.6 is 0 Å². The van der Waals surface area contributed by atoms with Crippen molar-refractivity contribution in [3.8, 4) is 0 Å². The lowest BCUT2D eigenvalue weighted by molar-refractivity contribution is 0.315. The summed E-state index contributed by atoms with van der Waals surface area (Å²) in [6, 6.07) is 12.7. The maximum Gasteiger partial charge on any atom is 0.267 e. The number of anilines is 2. The number of benzene rings is 1. The minimum atomic E-state index is -3.92. The Hall–Kier alpha value is -2.56. The van der Waals surface area contributed by atoms with E-state index in [1.165, 1.54) is 0 Å². The van der Waals surface area contributed by atoms with Crippen molar-refractivity contribution in [2.75, 3.05) is 23.8 Å². The van der Waals surface area contributed by atoms with Gasteiger partial charge in [-0.15, -0.1) is 5.11 Å². The molecule has 0 spiro atoms. The van der Waals surface area contributed by atoms with Gasteiger partial charge in [-0.05, 0) is 24.3 Å². The van der Waals surface area contributed by atoms with E-state index in [9.17, 15) is 8.42 Å². The number of azo groups is 1. The number of aromatic nitrogens is 1. The highest BCUT2D eigenvalue weighted by molar-refractivity contribution is 7.85. The number of nitrogens with zero attached hydrogens (tertiary/aromatic N) is 3. The molecule has 0 atom stereocenters. The second-order valence-corrected chi connectivity index (χ2v) is 5.76. The molecule has 6 N–H and O–H groups in total. The first-order valence-corrected chi connectivity index (χ1v) is 7.97. The van der Waals surface area contributed by atoms with Gasteiger partial charge in [-0.1, -0.05) is 18.2 Å². The van der Waals surface area contributed by atoms with Crippen LogP contribution in [0.15, 0.2) is 52.7 Å². The summed E-state index contributed by atoms with van der Waals surface area (Å²) in [4.78, 5) is 3.89. The fourth-order valence-electron chi connectivity index (χ4n) is 1.29. The molecule has 2 rings (SSSR count). The van der Waals surface area contributed by atoms with Crippen LogP contribution < -0.4 is 11.5 Å². The maximum atomic E-state index is 9.63. The number of aliphatic hydroxyl groups is 1. The molecular formula is C13H17N5O4S. The molecule has 1 aromatic heterocycles. The van der Waals surface area contributed by atoms with E-state index in [1.54, 1.807) is 12.1 Å². The van der Waals surface area contributed by atoms with Crippen molar-refractivity contribution in [1.82, 2.24) is 4.98 Å². The van der Waals surface area contributed by atoms with Gasteiger partial charge in [0.15, 0.2) is 5.82 Å². The summed E-state index contributed by atoms with van der Waals surface area (Å²) in [6.07, 6.45) is 0. The van der Waals surface area contributed by atoms with Crippen LogP contribution in [-0.4, -0.2) is 35.4 Å². The monoisotopic (exact) mass is 339 g/mol. The lowest BCUT2D eigenvalue weighted by Gasteiger charge is -1.98. The van der Waals surface area contributed by atoms with E-state index in [2.05, 4.69) is 15.2 Å². The van der Waals surface area contributed by atoms with Crippen molar-refractivity contribution in [1.29, 1.82) is 0 Å². The molecule has 0 amide bonds. The zero-order chi connectivity index (χ0) is 17.3. The van der Waals surface area contributed by atoms with Crippen molar-refractivity contribution in [2.45, 2.75) is 0 Å². The summed E-state index contributed by atoms with van der Waals surface area (Å²) < 4.78 is 27.1. The van der Waals surface area contributed by atoms with Crippen LogP contribution in [0, 0.1) is 0 Å². The highest BCUT2D eigenvalue weighted by Gasteiger charge is 1.99. The van der Waals surface area contributed by atoms with Gasteiger partial charge < -0.3 is 16.6 Å². The average molecular weight is 339 g/mol. The van der Waals surface area contributed by atoms with Gasteiger partial charge >= 0.3 is 0 Å². The molecule has 0 radical (unpaired) electrons. The molecule has 0 saturated carbocycles. The number of aliphatic hydroxyl groups excluding tert-OH is 1. The minimum absolute atomic E-state index is 0.277. The summed E-state index contributed by atoms with van der Waals surface area (Å²) in [6.45, 7) is -0.529. The summed E-state index contributed by atoms with van der Waals surface area (Å²) in [5.74, 6) is 0.0725. The Bertz CT molecular complexity index is 750. The van der Waals surface area contributed by atoms with Crippen molar-refractivity contribution in [2.24, 2.45) is 10.2 Å². The van der Waals surface area contributed by atoms with Gasteiger partial charge in [0, 0.05) is 0 Å². The predicted octanol–water partition coefficient (Wildman–Crippen LogP) is 1.53. The SMILES string of the molecule is Nc1ccc(N=Nc2ccccc2)c(N)n1.O=S(=O)(O)CCO. The second kappa shape index (κ2) is 8.78. The van der Waals surface area contributed by atoms with Crippen LogP contribution in [0.2, 0.25) is 0 Å². The van der Waals surface area contributed by atoms with Crippen LogP contribution in [-0.2, 0) is 10.1 Å². The highest BCUT2D eigenvalue weighted by Crippen LogP contribution is 2.23. The molecule has 1 heterocycles. The topological polar surface area (TPSA) is 164 Å².